The van der Waals surface area contributed by atoms with Crippen molar-refractivity contribution in [1.29, 1.82) is 0 Å². The van der Waals surface area contributed by atoms with E-state index in [1.807, 2.05) is 60.7 Å². The van der Waals surface area contributed by atoms with Crippen molar-refractivity contribution in [2.45, 2.75) is 46.1 Å². The lowest BCUT2D eigenvalue weighted by Crippen LogP contribution is -2.33. The third-order valence-corrected chi connectivity index (χ3v) is 6.22. The Kier molecular flexibility index (Phi) is 7.23. The van der Waals surface area contributed by atoms with Gasteiger partial charge < -0.3 is 15.0 Å². The molecule has 1 fully saturated rings. The van der Waals surface area contributed by atoms with E-state index in [2.05, 4.69) is 34.3 Å². The third-order valence-electron chi connectivity index (χ3n) is 6.22. The fraction of sp³-hybridized carbons (Fsp3) is 0.370. The van der Waals surface area contributed by atoms with Gasteiger partial charge in [-0.05, 0) is 74.1 Å². The average molecular weight is 445 g/mol. The normalized spacial score (nSPS) is 15.2. The summed E-state index contributed by atoms with van der Waals surface area (Å²) in [7, 11) is 0. The van der Waals surface area contributed by atoms with Crippen molar-refractivity contribution in [2.24, 2.45) is 5.92 Å². The second kappa shape index (κ2) is 10.5. The van der Waals surface area contributed by atoms with E-state index in [-0.39, 0.29) is 5.91 Å². The highest BCUT2D eigenvalue weighted by molar-refractivity contribution is 5.94. The number of anilines is 2. The van der Waals surface area contributed by atoms with Gasteiger partial charge in [-0.3, -0.25) is 4.79 Å². The van der Waals surface area contributed by atoms with Crippen molar-refractivity contribution in [1.82, 2.24) is 10.2 Å². The molecule has 1 aliphatic rings. The van der Waals surface area contributed by atoms with Crippen LogP contribution in [0.25, 0.3) is 11.3 Å². The van der Waals surface area contributed by atoms with Crippen LogP contribution < -0.4 is 15.0 Å². The summed E-state index contributed by atoms with van der Waals surface area (Å²) < 4.78 is 5.77. The monoisotopic (exact) mass is 444 g/mol. The molecule has 1 aromatic heterocycles. The predicted molar refractivity (Wildman–Crippen MR) is 133 cm³/mol. The Morgan fingerprint density at radius 1 is 1.03 bits per heavy atom. The van der Waals surface area contributed by atoms with Gasteiger partial charge in [0.2, 0.25) is 0 Å². The molecule has 2 aromatic carbocycles. The zero-order valence-electron chi connectivity index (χ0n) is 19.6. The third kappa shape index (κ3) is 5.89. The van der Waals surface area contributed by atoms with Gasteiger partial charge in [-0.1, -0.05) is 38.1 Å². The first-order valence-corrected chi connectivity index (χ1v) is 11.8. The van der Waals surface area contributed by atoms with Crippen LogP contribution in [0.5, 0.6) is 5.75 Å². The number of nitrogens with zero attached hydrogens (tertiary/aromatic N) is 3. The smallest absolute Gasteiger partial charge is 0.265 e. The Balaban J connectivity index is 1.33. The molecule has 0 bridgehead atoms. The van der Waals surface area contributed by atoms with E-state index in [1.54, 1.807) is 6.92 Å². The number of benzene rings is 2. The maximum Gasteiger partial charge on any atom is 0.265 e. The molecule has 1 unspecified atom stereocenters. The fourth-order valence-electron chi connectivity index (χ4n) is 3.92. The van der Waals surface area contributed by atoms with Crippen LogP contribution in [0.4, 0.5) is 11.5 Å². The summed E-state index contributed by atoms with van der Waals surface area (Å²) in [5, 5.41) is 11.8. The lowest BCUT2D eigenvalue weighted by Gasteiger charge is -2.30. The number of carbonyl (C=O) groups excluding carboxylic acids is 1. The van der Waals surface area contributed by atoms with Gasteiger partial charge in [0.1, 0.15) is 5.75 Å². The molecular formula is C27H32N4O2. The van der Waals surface area contributed by atoms with Crippen LogP contribution in [0.15, 0.2) is 60.7 Å². The van der Waals surface area contributed by atoms with Crippen molar-refractivity contribution in [3.63, 3.8) is 0 Å². The Morgan fingerprint density at radius 3 is 2.33 bits per heavy atom. The Hall–Kier alpha value is -3.41. The van der Waals surface area contributed by atoms with Crippen LogP contribution in [-0.2, 0) is 11.2 Å². The number of hydrogen-bond acceptors (Lipinski definition) is 5. The van der Waals surface area contributed by atoms with Crippen LogP contribution in [-0.4, -0.2) is 35.3 Å². The van der Waals surface area contributed by atoms with Gasteiger partial charge in [0.05, 0.1) is 5.69 Å². The average Bonchev–Trinajstić information content (AvgIpc) is 2.85. The molecule has 0 saturated carbocycles. The largest absolute Gasteiger partial charge is 0.481 e. The second-order valence-electron chi connectivity index (χ2n) is 8.77. The fourth-order valence-corrected chi connectivity index (χ4v) is 3.92. The number of rotatable bonds is 7. The van der Waals surface area contributed by atoms with Gasteiger partial charge in [-0.15, -0.1) is 10.2 Å². The van der Waals surface area contributed by atoms with Crippen LogP contribution >= 0.6 is 0 Å². The molecule has 1 amide bonds. The molecule has 0 aliphatic carbocycles. The lowest BCUT2D eigenvalue weighted by atomic mass is 9.99. The first-order valence-electron chi connectivity index (χ1n) is 11.8. The summed E-state index contributed by atoms with van der Waals surface area (Å²) in [6.45, 7) is 8.23. The summed E-state index contributed by atoms with van der Waals surface area (Å²) >= 11 is 0. The van der Waals surface area contributed by atoms with Gasteiger partial charge in [0, 0.05) is 24.3 Å². The van der Waals surface area contributed by atoms with Crippen LogP contribution in [0.1, 0.15) is 39.2 Å². The summed E-state index contributed by atoms with van der Waals surface area (Å²) in [6, 6.07) is 19.5. The Morgan fingerprint density at radius 2 is 1.73 bits per heavy atom. The Bertz CT molecular complexity index is 1040. The Labute approximate surface area is 196 Å². The van der Waals surface area contributed by atoms with Gasteiger partial charge in [-0.2, -0.15) is 0 Å². The molecular weight excluding hydrogens is 412 g/mol. The molecule has 0 spiro atoms. The molecule has 172 valence electrons. The maximum absolute atomic E-state index is 12.5. The number of amides is 1. The molecule has 1 atom stereocenters. The lowest BCUT2D eigenvalue weighted by molar-refractivity contribution is -0.122. The van der Waals surface area contributed by atoms with E-state index in [4.69, 9.17) is 4.74 Å². The number of aromatic nitrogens is 2. The van der Waals surface area contributed by atoms with Crippen molar-refractivity contribution in [3.8, 4) is 17.0 Å². The van der Waals surface area contributed by atoms with E-state index < -0.39 is 6.10 Å². The molecule has 4 rings (SSSR count). The summed E-state index contributed by atoms with van der Waals surface area (Å²) in [5.74, 6) is 2.22. The first-order chi connectivity index (χ1) is 16.0. The van der Waals surface area contributed by atoms with Gasteiger partial charge >= 0.3 is 0 Å². The first kappa shape index (κ1) is 22.8. The molecule has 2 heterocycles. The molecule has 1 saturated heterocycles. The maximum atomic E-state index is 12.5. The molecule has 6 nitrogen and oxygen atoms in total. The zero-order valence-corrected chi connectivity index (χ0v) is 19.6. The molecule has 1 N–H and O–H groups in total. The van der Waals surface area contributed by atoms with E-state index in [1.165, 1.54) is 18.4 Å². The van der Waals surface area contributed by atoms with E-state index in [9.17, 15) is 4.79 Å². The molecule has 0 radical (unpaired) electrons. The number of nitrogens with one attached hydrogen (secondary N) is 1. The number of aryl methyl sites for hydroxylation is 1. The minimum absolute atomic E-state index is 0.192. The summed E-state index contributed by atoms with van der Waals surface area (Å²) in [5.41, 5.74) is 3.72. The number of hydrogen-bond donors (Lipinski definition) is 1. The van der Waals surface area contributed by atoms with Crippen molar-refractivity contribution >= 4 is 17.4 Å². The van der Waals surface area contributed by atoms with E-state index in [0.717, 1.165) is 42.5 Å². The van der Waals surface area contributed by atoms with Gasteiger partial charge in [0.15, 0.2) is 11.9 Å². The van der Waals surface area contributed by atoms with Gasteiger partial charge in [0.25, 0.3) is 5.91 Å². The standard InChI is InChI=1S/C27H32N4O2/c1-4-21-5-11-24(12-6-21)33-20(3)27(32)28-23-9-7-22(8-10-23)25-13-14-26(30-29-25)31-17-15-19(2)16-18-31/h5-14,19-20H,4,15-18H2,1-3H3,(H,28,32). The minimum atomic E-state index is -0.603. The van der Waals surface area contributed by atoms with Gasteiger partial charge in [-0.25, -0.2) is 0 Å². The van der Waals surface area contributed by atoms with E-state index in [0.29, 0.717) is 11.4 Å². The SMILES string of the molecule is CCc1ccc(OC(C)C(=O)Nc2ccc(-c3ccc(N4CCC(C)CC4)nn3)cc2)cc1. The van der Waals surface area contributed by atoms with E-state index >= 15 is 0 Å². The molecule has 3 aromatic rings. The minimum Gasteiger partial charge on any atom is -0.481 e. The highest BCUT2D eigenvalue weighted by Gasteiger charge is 2.18. The quantitative estimate of drug-likeness (QED) is 0.532. The molecule has 1 aliphatic heterocycles. The van der Waals surface area contributed by atoms with Crippen LogP contribution in [0.2, 0.25) is 0 Å². The molecule has 33 heavy (non-hydrogen) atoms. The summed E-state index contributed by atoms with van der Waals surface area (Å²) in [4.78, 5) is 14.8. The molecule has 6 heteroatoms. The number of carbonyl (C=O) groups is 1. The van der Waals surface area contributed by atoms with Crippen LogP contribution in [0, 0.1) is 5.92 Å². The number of piperidine rings is 1. The predicted octanol–water partition coefficient (Wildman–Crippen LogP) is 5.35. The zero-order chi connectivity index (χ0) is 23.2. The highest BCUT2D eigenvalue weighted by atomic mass is 16.5. The number of ether oxygens (including phenoxy) is 1. The topological polar surface area (TPSA) is 67.3 Å². The van der Waals surface area contributed by atoms with Crippen LogP contribution in [0.3, 0.4) is 0 Å². The van der Waals surface area contributed by atoms with Crippen molar-refractivity contribution in [3.05, 3.63) is 66.2 Å². The van der Waals surface area contributed by atoms with Crippen molar-refractivity contribution < 1.29 is 9.53 Å². The van der Waals surface area contributed by atoms with Crippen molar-refractivity contribution in [2.75, 3.05) is 23.3 Å². The second-order valence-corrected chi connectivity index (χ2v) is 8.77. The summed E-state index contributed by atoms with van der Waals surface area (Å²) in [6.07, 6.45) is 2.77. The highest BCUT2D eigenvalue weighted by Crippen LogP contribution is 2.24.